The van der Waals surface area contributed by atoms with Crippen molar-refractivity contribution in [2.24, 2.45) is 0 Å². The molecule has 7 heteroatoms. The van der Waals surface area contributed by atoms with Gasteiger partial charge in [-0.25, -0.2) is 4.98 Å². The fourth-order valence-corrected chi connectivity index (χ4v) is 1.28. The molecular formula is C7H9BClNO4. The van der Waals surface area contributed by atoms with Crippen LogP contribution >= 0.6 is 11.6 Å². The predicted octanol–water partition coefficient (Wildman–Crippen LogP) is -0.568. The first-order valence-corrected chi connectivity index (χ1v) is 4.12. The number of halogens is 1. The average Bonchev–Trinajstić information content (AvgIpc) is 2.16. The number of ether oxygens (including phenoxy) is 2. The van der Waals surface area contributed by atoms with Crippen molar-refractivity contribution in [1.82, 2.24) is 4.98 Å². The van der Waals surface area contributed by atoms with E-state index in [1.165, 1.54) is 20.4 Å². The summed E-state index contributed by atoms with van der Waals surface area (Å²) in [4.78, 5) is 3.81. The maximum Gasteiger partial charge on any atom is 0.494 e. The van der Waals surface area contributed by atoms with Crippen molar-refractivity contribution in [3.05, 3.63) is 11.2 Å². The van der Waals surface area contributed by atoms with E-state index in [1.807, 2.05) is 0 Å². The Kier molecular flexibility index (Phi) is 3.57. The van der Waals surface area contributed by atoms with Crippen LogP contribution in [0.15, 0.2) is 6.20 Å². The molecule has 76 valence electrons. The summed E-state index contributed by atoms with van der Waals surface area (Å²) < 4.78 is 9.78. The number of hydrogen-bond donors (Lipinski definition) is 2. The highest BCUT2D eigenvalue weighted by Crippen LogP contribution is 2.24. The minimum absolute atomic E-state index is 0.0426. The van der Waals surface area contributed by atoms with Crippen molar-refractivity contribution in [2.45, 2.75) is 0 Å². The minimum atomic E-state index is -1.73. The Labute approximate surface area is 86.4 Å². The second kappa shape index (κ2) is 4.50. The maximum atomic E-state index is 9.04. The largest absolute Gasteiger partial charge is 0.494 e. The van der Waals surface area contributed by atoms with E-state index in [9.17, 15) is 0 Å². The summed E-state index contributed by atoms with van der Waals surface area (Å²) in [6.07, 6.45) is 1.26. The molecule has 1 aromatic heterocycles. The van der Waals surface area contributed by atoms with E-state index >= 15 is 0 Å². The van der Waals surface area contributed by atoms with E-state index in [1.54, 1.807) is 0 Å². The molecule has 0 aliphatic carbocycles. The van der Waals surface area contributed by atoms with Crippen LogP contribution in [0.5, 0.6) is 11.6 Å². The lowest BCUT2D eigenvalue weighted by atomic mass is 9.80. The van der Waals surface area contributed by atoms with E-state index in [2.05, 4.69) is 4.98 Å². The number of hydrogen-bond acceptors (Lipinski definition) is 5. The fraction of sp³-hybridized carbons (Fsp3) is 0.286. The Morgan fingerprint density at radius 2 is 2.00 bits per heavy atom. The molecule has 0 fully saturated rings. The Morgan fingerprint density at radius 3 is 2.43 bits per heavy atom. The Balaban J connectivity index is 3.35. The van der Waals surface area contributed by atoms with Crippen LogP contribution in [0, 0.1) is 0 Å². The van der Waals surface area contributed by atoms with Crippen molar-refractivity contribution < 1.29 is 19.5 Å². The second-order valence-electron chi connectivity index (χ2n) is 2.44. The molecule has 0 atom stereocenters. The summed E-state index contributed by atoms with van der Waals surface area (Å²) in [5.41, 5.74) is 0.0426. The summed E-state index contributed by atoms with van der Waals surface area (Å²) in [5, 5.41) is 18.2. The van der Waals surface area contributed by atoms with Gasteiger partial charge >= 0.3 is 7.12 Å². The summed E-state index contributed by atoms with van der Waals surface area (Å²) in [6.45, 7) is 0. The van der Waals surface area contributed by atoms with Crippen molar-refractivity contribution in [2.75, 3.05) is 14.2 Å². The quantitative estimate of drug-likeness (QED) is 0.664. The van der Waals surface area contributed by atoms with Crippen molar-refractivity contribution in [3.63, 3.8) is 0 Å². The zero-order valence-electron chi connectivity index (χ0n) is 7.69. The lowest BCUT2D eigenvalue weighted by Gasteiger charge is -2.12. The lowest BCUT2D eigenvalue weighted by Crippen LogP contribution is -2.32. The summed E-state index contributed by atoms with van der Waals surface area (Å²) >= 11 is 5.71. The molecule has 0 spiro atoms. The number of nitrogens with zero attached hydrogens (tertiary/aromatic N) is 1. The average molecular weight is 217 g/mol. The summed E-state index contributed by atoms with van der Waals surface area (Å²) in [6, 6.07) is 0. The van der Waals surface area contributed by atoms with Gasteiger partial charge in [-0.15, -0.1) is 0 Å². The van der Waals surface area contributed by atoms with Gasteiger partial charge in [0.2, 0.25) is 0 Å². The molecule has 14 heavy (non-hydrogen) atoms. The van der Waals surface area contributed by atoms with E-state index in [4.69, 9.17) is 31.1 Å². The van der Waals surface area contributed by atoms with Gasteiger partial charge in [0.15, 0.2) is 5.75 Å². The monoisotopic (exact) mass is 217 g/mol. The van der Waals surface area contributed by atoms with Crippen molar-refractivity contribution >= 4 is 24.2 Å². The number of pyridine rings is 1. The van der Waals surface area contributed by atoms with Gasteiger partial charge in [0.05, 0.1) is 19.2 Å². The third-order valence-electron chi connectivity index (χ3n) is 1.65. The van der Waals surface area contributed by atoms with Gasteiger partial charge in [-0.2, -0.15) is 0 Å². The number of rotatable bonds is 3. The van der Waals surface area contributed by atoms with Crippen LogP contribution < -0.4 is 14.9 Å². The first kappa shape index (κ1) is 11.1. The van der Waals surface area contributed by atoms with Gasteiger partial charge in [0.1, 0.15) is 0 Å². The van der Waals surface area contributed by atoms with Gasteiger partial charge in [0.25, 0.3) is 5.88 Å². The molecule has 0 aliphatic rings. The van der Waals surface area contributed by atoms with Crippen LogP contribution in [0.3, 0.4) is 0 Å². The van der Waals surface area contributed by atoms with Gasteiger partial charge in [-0.3, -0.25) is 0 Å². The predicted molar refractivity (Wildman–Crippen MR) is 52.2 cm³/mol. The van der Waals surface area contributed by atoms with Gasteiger partial charge in [-0.05, 0) is 0 Å². The molecule has 0 aromatic carbocycles. The normalized spacial score (nSPS) is 9.79. The molecule has 1 rings (SSSR count). The topological polar surface area (TPSA) is 71.8 Å². The summed E-state index contributed by atoms with van der Waals surface area (Å²) in [5.74, 6) is 0.273. The van der Waals surface area contributed by atoms with Gasteiger partial charge in [0, 0.05) is 11.7 Å². The highest BCUT2D eigenvalue weighted by atomic mass is 35.5. The van der Waals surface area contributed by atoms with Crippen LogP contribution in [0.4, 0.5) is 0 Å². The molecule has 2 N–H and O–H groups in total. The molecule has 1 aromatic rings. The zero-order chi connectivity index (χ0) is 10.7. The molecule has 1 heterocycles. The highest BCUT2D eigenvalue weighted by Gasteiger charge is 2.24. The molecule has 0 amide bonds. The standard InChI is InChI=1S/C7H9BClNO4/c1-13-6-5(8(11)12)4(9)3-10-7(6)14-2/h3,11-12H,1-2H3. The molecule has 0 aliphatic heterocycles. The van der Waals surface area contributed by atoms with E-state index in [0.29, 0.717) is 0 Å². The van der Waals surface area contributed by atoms with E-state index in [0.717, 1.165) is 0 Å². The third-order valence-corrected chi connectivity index (χ3v) is 1.95. The number of aromatic nitrogens is 1. The Bertz CT molecular complexity index is 334. The van der Waals surface area contributed by atoms with Crippen LogP contribution in [-0.2, 0) is 0 Å². The van der Waals surface area contributed by atoms with Crippen LogP contribution in [-0.4, -0.2) is 36.4 Å². The lowest BCUT2D eigenvalue weighted by molar-refractivity contribution is 0.342. The van der Waals surface area contributed by atoms with Gasteiger partial charge < -0.3 is 19.5 Å². The van der Waals surface area contributed by atoms with Crippen LogP contribution in [0.25, 0.3) is 0 Å². The van der Waals surface area contributed by atoms with Crippen LogP contribution in [0.1, 0.15) is 0 Å². The molecule has 0 bridgehead atoms. The third kappa shape index (κ3) is 1.92. The number of methoxy groups -OCH3 is 2. The van der Waals surface area contributed by atoms with Gasteiger partial charge in [-0.1, -0.05) is 11.6 Å². The van der Waals surface area contributed by atoms with E-state index in [-0.39, 0.29) is 22.1 Å². The second-order valence-corrected chi connectivity index (χ2v) is 2.84. The molecular weight excluding hydrogens is 208 g/mol. The fourth-order valence-electron chi connectivity index (χ4n) is 1.05. The molecule has 0 saturated carbocycles. The first-order valence-electron chi connectivity index (χ1n) is 3.74. The molecule has 0 radical (unpaired) electrons. The Morgan fingerprint density at radius 1 is 1.36 bits per heavy atom. The van der Waals surface area contributed by atoms with E-state index < -0.39 is 7.12 Å². The maximum absolute atomic E-state index is 9.04. The SMILES string of the molecule is COc1ncc(Cl)c(B(O)O)c1OC. The van der Waals surface area contributed by atoms with Crippen molar-refractivity contribution in [3.8, 4) is 11.6 Å². The smallest absolute Gasteiger partial charge is 0.492 e. The molecule has 5 nitrogen and oxygen atoms in total. The first-order chi connectivity index (χ1) is 6.61. The van der Waals surface area contributed by atoms with Crippen molar-refractivity contribution in [1.29, 1.82) is 0 Å². The zero-order valence-corrected chi connectivity index (χ0v) is 8.45. The summed E-state index contributed by atoms with van der Waals surface area (Å²) in [7, 11) is 1.03. The Hall–Kier alpha value is -0.975. The molecule has 0 saturated heterocycles. The minimum Gasteiger partial charge on any atom is -0.492 e. The van der Waals surface area contributed by atoms with Crippen LogP contribution in [0.2, 0.25) is 5.02 Å². The highest BCUT2D eigenvalue weighted by molar-refractivity contribution is 6.63. The molecule has 0 unspecified atom stereocenters.